The van der Waals surface area contributed by atoms with Crippen LogP contribution in [0.1, 0.15) is 41.8 Å². The summed E-state index contributed by atoms with van der Waals surface area (Å²) in [5.41, 5.74) is 3.67. The molecule has 0 aliphatic carbocycles. The molecule has 1 aromatic heterocycles. The zero-order valence-corrected chi connectivity index (χ0v) is 23.0. The van der Waals surface area contributed by atoms with Crippen molar-refractivity contribution in [2.45, 2.75) is 39.7 Å². The molecule has 8 nitrogen and oxygen atoms in total. The van der Waals surface area contributed by atoms with E-state index in [1.807, 2.05) is 30.5 Å². The highest BCUT2D eigenvalue weighted by atomic mass is 35.5. The summed E-state index contributed by atoms with van der Waals surface area (Å²) in [6.45, 7) is 5.06. The number of benzene rings is 2. The van der Waals surface area contributed by atoms with Crippen molar-refractivity contribution in [3.8, 4) is 5.69 Å². The number of carbonyl (C=O) groups is 2. The molecule has 0 unspecified atom stereocenters. The van der Waals surface area contributed by atoms with E-state index in [1.165, 1.54) is 18.2 Å². The molecule has 0 atom stereocenters. The first-order chi connectivity index (χ1) is 18.7. The minimum absolute atomic E-state index is 0.0522. The van der Waals surface area contributed by atoms with Crippen molar-refractivity contribution >= 4 is 52.0 Å². The molecule has 2 aliphatic heterocycles. The molecule has 39 heavy (non-hydrogen) atoms. The number of piperidine rings is 1. The van der Waals surface area contributed by atoms with Crippen LogP contribution in [0.5, 0.6) is 0 Å². The molecule has 2 amide bonds. The van der Waals surface area contributed by atoms with Gasteiger partial charge in [0.15, 0.2) is 0 Å². The zero-order chi connectivity index (χ0) is 27.8. The molecule has 3 heterocycles. The second-order valence-electron chi connectivity index (χ2n) is 9.61. The van der Waals surface area contributed by atoms with Crippen molar-refractivity contribution in [1.82, 2.24) is 9.47 Å². The number of aromatic nitrogens is 1. The molecule has 2 fully saturated rings. The number of amides is 2. The number of nitrogens with zero attached hydrogens (tertiary/aromatic N) is 4. The van der Waals surface area contributed by atoms with Crippen LogP contribution in [0.2, 0.25) is 5.02 Å². The maximum Gasteiger partial charge on any atom is 0.294 e. The van der Waals surface area contributed by atoms with Crippen molar-refractivity contribution in [2.75, 3.05) is 18.0 Å². The third kappa shape index (κ3) is 5.18. The number of aryl methyl sites for hydroxylation is 1. The van der Waals surface area contributed by atoms with E-state index in [1.54, 1.807) is 18.2 Å². The smallest absolute Gasteiger partial charge is 0.294 e. The van der Waals surface area contributed by atoms with Gasteiger partial charge in [0.2, 0.25) is 0 Å². The predicted octanol–water partition coefficient (Wildman–Crippen LogP) is 7.02. The summed E-state index contributed by atoms with van der Waals surface area (Å²) in [4.78, 5) is 40.6. The van der Waals surface area contributed by atoms with Gasteiger partial charge >= 0.3 is 0 Å². The number of nitro benzene ring substituents is 1. The minimum atomic E-state index is -0.588. The number of hydrogen-bond donors (Lipinski definition) is 0. The molecule has 0 N–H and O–H groups in total. The Balaban J connectivity index is 1.45. The molecular weight excluding hydrogens is 543 g/mol. The normalized spacial score (nSPS) is 17.0. The molecule has 3 aromatic rings. The largest absolute Gasteiger partial charge is 0.366 e. The highest BCUT2D eigenvalue weighted by Gasteiger charge is 2.36. The van der Waals surface area contributed by atoms with Gasteiger partial charge in [-0.15, -0.1) is 0 Å². The number of halogens is 2. The van der Waals surface area contributed by atoms with E-state index >= 15 is 0 Å². The first-order valence-electron chi connectivity index (χ1n) is 12.6. The Labute approximate surface area is 234 Å². The topological polar surface area (TPSA) is 88.7 Å². The highest BCUT2D eigenvalue weighted by molar-refractivity contribution is 8.18. The SMILES string of the molecule is Cc1cc(/C=C2\SC(=O)N(Cc3c(F)cccc3Cl)C2=O)c(C)n1-c1ccc(N2CCCCC2)c([N+](=O)[O-])c1. The molecule has 5 rings (SSSR count). The van der Waals surface area contributed by atoms with Crippen molar-refractivity contribution in [1.29, 1.82) is 0 Å². The van der Waals surface area contributed by atoms with Gasteiger partial charge in [-0.3, -0.25) is 24.6 Å². The number of anilines is 1. The number of imide groups is 1. The highest BCUT2D eigenvalue weighted by Crippen LogP contribution is 2.37. The summed E-state index contributed by atoms with van der Waals surface area (Å²) in [6.07, 6.45) is 4.78. The Morgan fingerprint density at radius 1 is 1.10 bits per heavy atom. The van der Waals surface area contributed by atoms with Crippen molar-refractivity contribution in [3.05, 3.63) is 90.8 Å². The Kier molecular flexibility index (Phi) is 7.51. The maximum atomic E-state index is 14.3. The third-order valence-corrected chi connectivity index (χ3v) is 8.38. The van der Waals surface area contributed by atoms with Crippen LogP contribution in [0, 0.1) is 29.8 Å². The Morgan fingerprint density at radius 3 is 2.54 bits per heavy atom. The summed E-state index contributed by atoms with van der Waals surface area (Å²) in [5, 5.41) is 11.6. The Bertz CT molecular complexity index is 1510. The molecule has 0 spiro atoms. The molecule has 0 saturated carbocycles. The van der Waals surface area contributed by atoms with Crippen LogP contribution in [0.15, 0.2) is 47.4 Å². The summed E-state index contributed by atoms with van der Waals surface area (Å²) < 4.78 is 16.2. The van der Waals surface area contributed by atoms with Crippen molar-refractivity contribution in [2.24, 2.45) is 0 Å². The van der Waals surface area contributed by atoms with Gasteiger partial charge in [0.1, 0.15) is 11.5 Å². The molecule has 2 aromatic carbocycles. The van der Waals surface area contributed by atoms with Gasteiger partial charge in [0, 0.05) is 41.1 Å². The molecule has 202 valence electrons. The van der Waals surface area contributed by atoms with Gasteiger partial charge in [-0.2, -0.15) is 0 Å². The quantitative estimate of drug-likeness (QED) is 0.180. The monoisotopic (exact) mass is 568 g/mol. The second kappa shape index (κ2) is 10.9. The fraction of sp³-hybridized carbons (Fsp3) is 0.286. The van der Waals surface area contributed by atoms with Crippen LogP contribution >= 0.6 is 23.4 Å². The van der Waals surface area contributed by atoms with Crippen LogP contribution in [0.3, 0.4) is 0 Å². The van der Waals surface area contributed by atoms with Crippen LogP contribution < -0.4 is 4.90 Å². The lowest BCUT2D eigenvalue weighted by Crippen LogP contribution is -2.30. The first-order valence-corrected chi connectivity index (χ1v) is 13.8. The molecule has 2 saturated heterocycles. The van der Waals surface area contributed by atoms with E-state index in [2.05, 4.69) is 4.90 Å². The molecule has 0 bridgehead atoms. The van der Waals surface area contributed by atoms with E-state index < -0.39 is 17.0 Å². The average molecular weight is 569 g/mol. The number of thioether (sulfide) groups is 1. The number of rotatable bonds is 6. The average Bonchev–Trinajstić information content (AvgIpc) is 3.34. The second-order valence-corrected chi connectivity index (χ2v) is 11.0. The van der Waals surface area contributed by atoms with Crippen LogP contribution in [-0.2, 0) is 11.3 Å². The van der Waals surface area contributed by atoms with Gasteiger partial charge < -0.3 is 9.47 Å². The molecular formula is C28H26ClFN4O4S. The van der Waals surface area contributed by atoms with Crippen LogP contribution in [0.25, 0.3) is 11.8 Å². The summed E-state index contributed by atoms with van der Waals surface area (Å²) in [6, 6.07) is 11.3. The number of carbonyl (C=O) groups excluding carboxylic acids is 2. The third-order valence-electron chi connectivity index (χ3n) is 7.12. The van der Waals surface area contributed by atoms with Gasteiger partial charge in [-0.25, -0.2) is 4.39 Å². The lowest BCUT2D eigenvalue weighted by molar-refractivity contribution is -0.384. The Hall–Kier alpha value is -3.63. The summed E-state index contributed by atoms with van der Waals surface area (Å²) in [5.74, 6) is -1.12. The lowest BCUT2D eigenvalue weighted by atomic mass is 10.1. The predicted molar refractivity (Wildman–Crippen MR) is 151 cm³/mol. The van der Waals surface area contributed by atoms with Crippen LogP contribution in [-0.4, -0.2) is 38.6 Å². The zero-order valence-electron chi connectivity index (χ0n) is 21.4. The number of nitro groups is 1. The van der Waals surface area contributed by atoms with E-state index in [-0.39, 0.29) is 32.6 Å². The van der Waals surface area contributed by atoms with Gasteiger partial charge in [0.05, 0.1) is 22.1 Å². The minimum Gasteiger partial charge on any atom is -0.366 e. The lowest BCUT2D eigenvalue weighted by Gasteiger charge is -2.28. The van der Waals surface area contributed by atoms with Crippen molar-refractivity contribution < 1.29 is 18.9 Å². The number of hydrogen-bond acceptors (Lipinski definition) is 6. The first kappa shape index (κ1) is 27.0. The summed E-state index contributed by atoms with van der Waals surface area (Å²) >= 11 is 6.88. The van der Waals surface area contributed by atoms with Gasteiger partial charge in [-0.1, -0.05) is 17.7 Å². The van der Waals surface area contributed by atoms with Gasteiger partial charge in [0.25, 0.3) is 16.8 Å². The van der Waals surface area contributed by atoms with Gasteiger partial charge in [-0.05, 0) is 86.8 Å². The molecule has 11 heteroatoms. The van der Waals surface area contributed by atoms with Crippen LogP contribution in [0.4, 0.5) is 20.6 Å². The standard InChI is InChI=1S/C28H26ClFN4O4S/c1-17-13-19(14-26-27(35)32(28(36)39-26)16-21-22(29)7-6-8-23(21)30)18(2)33(17)20-9-10-24(25(15-20)34(37)38)31-11-4-3-5-12-31/h6-10,13-15H,3-5,11-12,16H2,1-2H3/b26-14-. The molecule has 2 aliphatic rings. The summed E-state index contributed by atoms with van der Waals surface area (Å²) in [7, 11) is 0. The fourth-order valence-corrected chi connectivity index (χ4v) is 6.20. The van der Waals surface area contributed by atoms with E-state index in [0.717, 1.165) is 60.4 Å². The Morgan fingerprint density at radius 2 is 1.85 bits per heavy atom. The fourth-order valence-electron chi connectivity index (χ4n) is 5.15. The molecule has 0 radical (unpaired) electrons. The maximum absolute atomic E-state index is 14.3. The van der Waals surface area contributed by atoms with E-state index in [9.17, 15) is 24.1 Å². The van der Waals surface area contributed by atoms with E-state index in [4.69, 9.17) is 11.6 Å². The van der Waals surface area contributed by atoms with E-state index in [0.29, 0.717) is 16.9 Å². The van der Waals surface area contributed by atoms with Crippen molar-refractivity contribution in [3.63, 3.8) is 0 Å².